The van der Waals surface area contributed by atoms with E-state index in [0.717, 1.165) is 5.00 Å². The fraction of sp³-hybridized carbons (Fsp3) is 0.286. The van der Waals surface area contributed by atoms with E-state index in [9.17, 15) is 4.79 Å². The molecular formula is C14H18N4OS. The molecule has 6 heteroatoms. The Morgan fingerprint density at radius 2 is 2.25 bits per heavy atom. The van der Waals surface area contributed by atoms with Crippen LogP contribution in [0.4, 0.5) is 10.8 Å². The predicted octanol–water partition coefficient (Wildman–Crippen LogP) is 2.03. The average molecular weight is 290 g/mol. The van der Waals surface area contributed by atoms with Crippen LogP contribution in [0.1, 0.15) is 21.5 Å². The van der Waals surface area contributed by atoms with Gasteiger partial charge in [-0.3, -0.25) is 4.79 Å². The van der Waals surface area contributed by atoms with Gasteiger partial charge in [0.25, 0.3) is 5.91 Å². The number of carbonyl (C=O) groups excluding carboxylic acids is 1. The first-order chi connectivity index (χ1) is 9.52. The van der Waals surface area contributed by atoms with Gasteiger partial charge in [0.15, 0.2) is 5.82 Å². The molecule has 0 bridgehead atoms. The van der Waals surface area contributed by atoms with Crippen LogP contribution in [0, 0.1) is 6.92 Å². The summed E-state index contributed by atoms with van der Waals surface area (Å²) in [6, 6.07) is 8.28. The van der Waals surface area contributed by atoms with Gasteiger partial charge in [-0.25, -0.2) is 0 Å². The van der Waals surface area contributed by atoms with Crippen LogP contribution in [-0.2, 0) is 6.54 Å². The molecule has 2 aromatic rings. The lowest BCUT2D eigenvalue weighted by molar-refractivity contribution is 0.0964. The first kappa shape index (κ1) is 14.3. The Bertz CT molecular complexity index is 623. The molecule has 5 nitrogen and oxygen atoms in total. The van der Waals surface area contributed by atoms with Crippen LogP contribution in [0.2, 0.25) is 0 Å². The van der Waals surface area contributed by atoms with Gasteiger partial charge in [-0.15, -0.1) is 0 Å². The molecule has 0 saturated carbocycles. The third-order valence-electron chi connectivity index (χ3n) is 3.00. The molecular weight excluding hydrogens is 272 g/mol. The first-order valence-corrected chi connectivity index (χ1v) is 7.04. The fourth-order valence-electron chi connectivity index (χ4n) is 2.05. The molecule has 3 N–H and O–H groups in total. The highest BCUT2D eigenvalue weighted by Gasteiger charge is 2.21. The first-order valence-electron chi connectivity index (χ1n) is 6.27. The summed E-state index contributed by atoms with van der Waals surface area (Å²) in [5.41, 5.74) is 8.63. The third-order valence-corrected chi connectivity index (χ3v) is 3.98. The van der Waals surface area contributed by atoms with Gasteiger partial charge in [0.05, 0.1) is 0 Å². The molecule has 0 aliphatic heterocycles. The highest BCUT2D eigenvalue weighted by atomic mass is 32.1. The van der Waals surface area contributed by atoms with Crippen molar-refractivity contribution in [2.45, 2.75) is 13.5 Å². The Labute approximate surface area is 122 Å². The average Bonchev–Trinajstić information content (AvgIpc) is 2.80. The van der Waals surface area contributed by atoms with Gasteiger partial charge in [0, 0.05) is 20.6 Å². The van der Waals surface area contributed by atoms with Gasteiger partial charge in [-0.2, -0.15) is 4.37 Å². The lowest BCUT2D eigenvalue weighted by Gasteiger charge is -2.18. The summed E-state index contributed by atoms with van der Waals surface area (Å²) in [6.07, 6.45) is 0. The maximum atomic E-state index is 11.9. The van der Waals surface area contributed by atoms with Crippen molar-refractivity contribution in [3.63, 3.8) is 0 Å². The SMILES string of the molecule is CNC(=O)c1c(N)nsc1N(C)Cc1cccc(C)c1. The molecule has 0 spiro atoms. The normalized spacial score (nSPS) is 10.3. The summed E-state index contributed by atoms with van der Waals surface area (Å²) in [5.74, 6) is 0.0720. The van der Waals surface area contributed by atoms with Gasteiger partial charge in [-0.1, -0.05) is 29.8 Å². The topological polar surface area (TPSA) is 71.2 Å². The molecule has 1 aromatic carbocycles. The number of hydrogen-bond acceptors (Lipinski definition) is 5. The maximum absolute atomic E-state index is 11.9. The number of aromatic nitrogens is 1. The zero-order valence-electron chi connectivity index (χ0n) is 11.8. The number of carbonyl (C=O) groups is 1. The summed E-state index contributed by atoms with van der Waals surface area (Å²) in [4.78, 5) is 13.9. The number of aryl methyl sites for hydroxylation is 1. The van der Waals surface area contributed by atoms with Crippen molar-refractivity contribution in [3.8, 4) is 0 Å². The van der Waals surface area contributed by atoms with E-state index in [1.807, 2.05) is 18.0 Å². The Kier molecular flexibility index (Phi) is 4.24. The van der Waals surface area contributed by atoms with Crippen LogP contribution in [0.15, 0.2) is 24.3 Å². The van der Waals surface area contributed by atoms with E-state index in [1.54, 1.807) is 7.05 Å². The summed E-state index contributed by atoms with van der Waals surface area (Å²) >= 11 is 1.24. The van der Waals surface area contributed by atoms with Crippen LogP contribution in [0.25, 0.3) is 0 Å². The molecule has 1 amide bonds. The van der Waals surface area contributed by atoms with Gasteiger partial charge in [0.1, 0.15) is 10.6 Å². The molecule has 2 rings (SSSR count). The second-order valence-corrected chi connectivity index (χ2v) is 5.42. The number of nitrogen functional groups attached to an aromatic ring is 1. The largest absolute Gasteiger partial charge is 0.382 e. The molecule has 1 aromatic heterocycles. The minimum Gasteiger partial charge on any atom is -0.382 e. The zero-order valence-corrected chi connectivity index (χ0v) is 12.6. The summed E-state index contributed by atoms with van der Waals surface area (Å²) in [5, 5.41) is 3.38. The number of amides is 1. The van der Waals surface area contributed by atoms with E-state index in [4.69, 9.17) is 5.73 Å². The molecule has 1 heterocycles. The van der Waals surface area contributed by atoms with Crippen molar-refractivity contribution in [1.82, 2.24) is 9.69 Å². The smallest absolute Gasteiger partial charge is 0.257 e. The van der Waals surface area contributed by atoms with Crippen molar-refractivity contribution in [2.75, 3.05) is 24.7 Å². The lowest BCUT2D eigenvalue weighted by atomic mass is 10.1. The van der Waals surface area contributed by atoms with Crippen LogP contribution in [0.5, 0.6) is 0 Å². The molecule has 0 unspecified atom stereocenters. The molecule has 106 valence electrons. The summed E-state index contributed by atoms with van der Waals surface area (Å²) in [7, 11) is 3.52. The minimum atomic E-state index is -0.206. The van der Waals surface area contributed by atoms with Crippen molar-refractivity contribution >= 4 is 28.3 Å². The Balaban J connectivity index is 2.26. The molecule has 0 atom stereocenters. The number of benzene rings is 1. The van der Waals surface area contributed by atoms with Gasteiger partial charge >= 0.3 is 0 Å². The monoisotopic (exact) mass is 290 g/mol. The van der Waals surface area contributed by atoms with Gasteiger partial charge in [0.2, 0.25) is 0 Å². The van der Waals surface area contributed by atoms with E-state index >= 15 is 0 Å². The fourth-order valence-corrected chi connectivity index (χ4v) is 2.82. The standard InChI is InChI=1S/C14H18N4OS/c1-9-5-4-6-10(7-9)8-18(3)14-11(13(19)16-2)12(15)17-20-14/h4-7H,8H2,1-3H3,(H2,15,17)(H,16,19). The summed E-state index contributed by atoms with van der Waals surface area (Å²) < 4.78 is 4.08. The maximum Gasteiger partial charge on any atom is 0.257 e. The number of nitrogens with zero attached hydrogens (tertiary/aromatic N) is 2. The number of rotatable bonds is 4. The second kappa shape index (κ2) is 5.92. The highest BCUT2D eigenvalue weighted by molar-refractivity contribution is 7.11. The van der Waals surface area contributed by atoms with Crippen LogP contribution < -0.4 is 16.0 Å². The van der Waals surface area contributed by atoms with Crippen LogP contribution in [0.3, 0.4) is 0 Å². The Morgan fingerprint density at radius 1 is 1.50 bits per heavy atom. The van der Waals surface area contributed by atoms with Crippen molar-refractivity contribution in [2.24, 2.45) is 0 Å². The van der Waals surface area contributed by atoms with E-state index in [1.165, 1.54) is 22.7 Å². The van der Waals surface area contributed by atoms with Crippen molar-refractivity contribution in [1.29, 1.82) is 0 Å². The molecule has 0 fully saturated rings. The van der Waals surface area contributed by atoms with Gasteiger partial charge in [-0.05, 0) is 24.0 Å². The number of nitrogens with two attached hydrogens (primary N) is 1. The van der Waals surface area contributed by atoms with E-state index < -0.39 is 0 Å². The predicted molar refractivity (Wildman–Crippen MR) is 83.2 cm³/mol. The Morgan fingerprint density at radius 3 is 2.90 bits per heavy atom. The van der Waals surface area contributed by atoms with Crippen LogP contribution in [-0.4, -0.2) is 24.4 Å². The second-order valence-electron chi connectivity index (χ2n) is 4.67. The van der Waals surface area contributed by atoms with Crippen molar-refractivity contribution < 1.29 is 4.79 Å². The van der Waals surface area contributed by atoms with E-state index in [0.29, 0.717) is 12.1 Å². The zero-order chi connectivity index (χ0) is 14.7. The Hall–Kier alpha value is -2.08. The highest BCUT2D eigenvalue weighted by Crippen LogP contribution is 2.30. The summed E-state index contributed by atoms with van der Waals surface area (Å²) in [6.45, 7) is 2.76. The number of hydrogen-bond donors (Lipinski definition) is 2. The molecule has 20 heavy (non-hydrogen) atoms. The lowest BCUT2D eigenvalue weighted by Crippen LogP contribution is -2.23. The molecule has 0 saturated heterocycles. The van der Waals surface area contributed by atoms with Crippen molar-refractivity contribution in [3.05, 3.63) is 41.0 Å². The molecule has 0 aliphatic rings. The van der Waals surface area contributed by atoms with Crippen LogP contribution >= 0.6 is 11.5 Å². The third kappa shape index (κ3) is 2.91. The van der Waals surface area contributed by atoms with E-state index in [2.05, 4.69) is 34.8 Å². The van der Waals surface area contributed by atoms with Gasteiger partial charge < -0.3 is 16.0 Å². The molecule has 0 radical (unpaired) electrons. The minimum absolute atomic E-state index is 0.206. The number of anilines is 2. The molecule has 0 aliphatic carbocycles. The number of nitrogens with one attached hydrogen (secondary N) is 1. The quantitative estimate of drug-likeness (QED) is 0.904. The van der Waals surface area contributed by atoms with E-state index in [-0.39, 0.29) is 11.7 Å².